The lowest BCUT2D eigenvalue weighted by Crippen LogP contribution is -2.54. The van der Waals surface area contributed by atoms with Crippen LogP contribution in [-0.4, -0.2) is 29.0 Å². The summed E-state index contributed by atoms with van der Waals surface area (Å²) in [6.07, 6.45) is 3.36. The number of aromatic nitrogens is 1. The minimum absolute atomic E-state index is 0.157. The average molecular weight is 483 g/mol. The van der Waals surface area contributed by atoms with E-state index in [0.717, 1.165) is 21.4 Å². The van der Waals surface area contributed by atoms with Gasteiger partial charge in [-0.15, -0.1) is 0 Å². The van der Waals surface area contributed by atoms with Crippen molar-refractivity contribution in [3.05, 3.63) is 102 Å². The highest BCUT2D eigenvalue weighted by Gasteiger charge is 2.37. The maximum absolute atomic E-state index is 13.6. The highest BCUT2D eigenvalue weighted by atomic mass is 19.1. The Balaban J connectivity index is 1.44. The standard InChI is InChI=1S/C28H22FN3O4/c1-2-36-23-8-4-7-22(16-23)32-27(34)24(26(33)30-28(32)35)15-18-9-10-25-20(13-18)11-12-31(25)17-19-5-3-6-21(29)14-19/h3-16H,2,17H2,1H3,(H,30,33,35)/b24-15-. The molecule has 1 aliphatic rings. The Labute approximate surface area is 206 Å². The summed E-state index contributed by atoms with van der Waals surface area (Å²) in [6.45, 7) is 2.76. The third-order valence-electron chi connectivity index (χ3n) is 5.84. The number of anilines is 1. The van der Waals surface area contributed by atoms with Crippen LogP contribution >= 0.6 is 0 Å². The molecule has 1 saturated heterocycles. The molecule has 0 radical (unpaired) electrons. The predicted octanol–water partition coefficient (Wildman–Crippen LogP) is 4.89. The Morgan fingerprint density at radius 2 is 1.81 bits per heavy atom. The number of urea groups is 1. The van der Waals surface area contributed by atoms with Crippen LogP contribution in [0.4, 0.5) is 14.9 Å². The zero-order valence-electron chi connectivity index (χ0n) is 19.4. The fourth-order valence-corrected chi connectivity index (χ4v) is 4.22. The Morgan fingerprint density at radius 3 is 2.61 bits per heavy atom. The summed E-state index contributed by atoms with van der Waals surface area (Å²) in [5.74, 6) is -1.26. The first kappa shape index (κ1) is 23.0. The van der Waals surface area contributed by atoms with Gasteiger partial charge in [-0.1, -0.05) is 24.3 Å². The van der Waals surface area contributed by atoms with E-state index in [1.54, 1.807) is 36.4 Å². The maximum atomic E-state index is 13.6. The van der Waals surface area contributed by atoms with Crippen molar-refractivity contribution in [1.82, 2.24) is 9.88 Å². The molecule has 8 heteroatoms. The third-order valence-corrected chi connectivity index (χ3v) is 5.84. The van der Waals surface area contributed by atoms with E-state index >= 15 is 0 Å². The van der Waals surface area contributed by atoms with Crippen molar-refractivity contribution in [1.29, 1.82) is 0 Å². The average Bonchev–Trinajstić information content (AvgIpc) is 3.24. The highest BCUT2D eigenvalue weighted by Crippen LogP contribution is 2.26. The van der Waals surface area contributed by atoms with Crippen LogP contribution in [0.2, 0.25) is 0 Å². The van der Waals surface area contributed by atoms with Gasteiger partial charge in [0.2, 0.25) is 0 Å². The van der Waals surface area contributed by atoms with Gasteiger partial charge in [0, 0.05) is 29.7 Å². The predicted molar refractivity (Wildman–Crippen MR) is 134 cm³/mol. The number of ether oxygens (including phenoxy) is 1. The third kappa shape index (κ3) is 4.48. The maximum Gasteiger partial charge on any atom is 0.335 e. The number of hydrogen-bond donors (Lipinski definition) is 1. The number of imide groups is 2. The van der Waals surface area contributed by atoms with Crippen molar-refractivity contribution in [2.45, 2.75) is 13.5 Å². The molecule has 0 bridgehead atoms. The molecule has 2 heterocycles. The van der Waals surface area contributed by atoms with E-state index in [2.05, 4.69) is 5.32 Å². The molecular formula is C28H22FN3O4. The summed E-state index contributed by atoms with van der Waals surface area (Å²) >= 11 is 0. The number of hydrogen-bond acceptors (Lipinski definition) is 4. The van der Waals surface area contributed by atoms with Crippen molar-refractivity contribution in [3.8, 4) is 5.75 Å². The van der Waals surface area contributed by atoms with Crippen molar-refractivity contribution < 1.29 is 23.5 Å². The molecule has 7 nitrogen and oxygen atoms in total. The first-order valence-electron chi connectivity index (χ1n) is 11.4. The number of nitrogens with zero attached hydrogens (tertiary/aromatic N) is 2. The van der Waals surface area contributed by atoms with Gasteiger partial charge in [0.25, 0.3) is 11.8 Å². The minimum atomic E-state index is -0.819. The smallest absolute Gasteiger partial charge is 0.335 e. The van der Waals surface area contributed by atoms with Gasteiger partial charge in [0.1, 0.15) is 17.1 Å². The Bertz CT molecular complexity index is 1540. The number of halogens is 1. The lowest BCUT2D eigenvalue weighted by molar-refractivity contribution is -0.122. The van der Waals surface area contributed by atoms with Gasteiger partial charge in [-0.3, -0.25) is 14.9 Å². The number of nitrogens with one attached hydrogen (secondary N) is 1. The second kappa shape index (κ2) is 9.50. The summed E-state index contributed by atoms with van der Waals surface area (Å²) in [4.78, 5) is 39.2. The van der Waals surface area contributed by atoms with Crippen molar-refractivity contribution >= 4 is 40.5 Å². The van der Waals surface area contributed by atoms with Crippen molar-refractivity contribution in [3.63, 3.8) is 0 Å². The van der Waals surface area contributed by atoms with Gasteiger partial charge in [0.15, 0.2) is 0 Å². The molecule has 4 amide bonds. The summed E-state index contributed by atoms with van der Waals surface area (Å²) in [7, 11) is 0. The van der Waals surface area contributed by atoms with Gasteiger partial charge in [-0.2, -0.15) is 0 Å². The fraction of sp³-hybridized carbons (Fsp3) is 0.107. The van der Waals surface area contributed by atoms with E-state index in [1.807, 2.05) is 42.0 Å². The lowest BCUT2D eigenvalue weighted by atomic mass is 10.1. The van der Waals surface area contributed by atoms with Crippen LogP contribution in [0.3, 0.4) is 0 Å². The molecule has 0 saturated carbocycles. The molecule has 1 N–H and O–H groups in total. The molecular weight excluding hydrogens is 461 g/mol. The second-order valence-corrected chi connectivity index (χ2v) is 8.28. The molecule has 1 aromatic heterocycles. The van der Waals surface area contributed by atoms with Gasteiger partial charge in [-0.25, -0.2) is 14.1 Å². The molecule has 1 aliphatic heterocycles. The molecule has 0 unspecified atom stereocenters. The minimum Gasteiger partial charge on any atom is -0.494 e. The van der Waals surface area contributed by atoms with E-state index in [-0.39, 0.29) is 11.4 Å². The zero-order chi connectivity index (χ0) is 25.2. The number of rotatable bonds is 6. The molecule has 0 spiro atoms. The van der Waals surface area contributed by atoms with Crippen LogP contribution in [0.5, 0.6) is 5.75 Å². The largest absolute Gasteiger partial charge is 0.494 e. The van der Waals surface area contributed by atoms with Gasteiger partial charge in [0.05, 0.1) is 12.3 Å². The number of barbiturate groups is 1. The quantitative estimate of drug-likeness (QED) is 0.313. The van der Waals surface area contributed by atoms with Crippen LogP contribution in [0.25, 0.3) is 17.0 Å². The Morgan fingerprint density at radius 1 is 0.972 bits per heavy atom. The first-order valence-corrected chi connectivity index (χ1v) is 11.4. The second-order valence-electron chi connectivity index (χ2n) is 8.28. The SMILES string of the molecule is CCOc1cccc(N2C(=O)NC(=O)/C(=C/c3ccc4c(ccn4Cc4cccc(F)c4)c3)C2=O)c1. The molecule has 5 rings (SSSR count). The van der Waals surface area contributed by atoms with E-state index in [9.17, 15) is 18.8 Å². The highest BCUT2D eigenvalue weighted by molar-refractivity contribution is 6.39. The molecule has 180 valence electrons. The first-order chi connectivity index (χ1) is 17.4. The van der Waals surface area contributed by atoms with Crippen LogP contribution in [0.1, 0.15) is 18.1 Å². The Kier molecular flexibility index (Phi) is 6.08. The molecule has 1 fully saturated rings. The number of benzene rings is 3. The van der Waals surface area contributed by atoms with Crippen LogP contribution in [-0.2, 0) is 16.1 Å². The fourth-order valence-electron chi connectivity index (χ4n) is 4.22. The van der Waals surface area contributed by atoms with Crippen molar-refractivity contribution in [2.75, 3.05) is 11.5 Å². The monoisotopic (exact) mass is 483 g/mol. The lowest BCUT2D eigenvalue weighted by Gasteiger charge is -2.26. The Hall–Kier alpha value is -4.72. The van der Waals surface area contributed by atoms with Crippen LogP contribution in [0, 0.1) is 5.82 Å². The zero-order valence-corrected chi connectivity index (χ0v) is 19.4. The molecule has 4 aromatic rings. The van der Waals surface area contributed by atoms with Crippen molar-refractivity contribution in [2.24, 2.45) is 0 Å². The molecule has 0 aliphatic carbocycles. The summed E-state index contributed by atoms with van der Waals surface area (Å²) in [6, 6.07) is 19.6. The number of fused-ring (bicyclic) bond motifs is 1. The van der Waals surface area contributed by atoms with E-state index in [4.69, 9.17) is 4.74 Å². The topological polar surface area (TPSA) is 80.6 Å². The summed E-state index contributed by atoms with van der Waals surface area (Å²) in [5.41, 5.74) is 2.52. The van der Waals surface area contributed by atoms with E-state index in [1.165, 1.54) is 18.2 Å². The van der Waals surface area contributed by atoms with Gasteiger partial charge < -0.3 is 9.30 Å². The molecule has 3 aromatic carbocycles. The molecule has 0 atom stereocenters. The van der Waals surface area contributed by atoms with Gasteiger partial charge >= 0.3 is 6.03 Å². The van der Waals surface area contributed by atoms with E-state index < -0.39 is 17.8 Å². The van der Waals surface area contributed by atoms with E-state index in [0.29, 0.717) is 30.2 Å². The number of carbonyl (C=O) groups excluding carboxylic acids is 3. The normalized spacial score (nSPS) is 15.0. The number of amides is 4. The summed E-state index contributed by atoms with van der Waals surface area (Å²) in [5, 5.41) is 3.13. The summed E-state index contributed by atoms with van der Waals surface area (Å²) < 4.78 is 21.0. The van der Waals surface area contributed by atoms with Gasteiger partial charge in [-0.05, 0) is 66.6 Å². The number of carbonyl (C=O) groups is 3. The van der Waals surface area contributed by atoms with Crippen LogP contribution in [0.15, 0.2) is 84.6 Å². The van der Waals surface area contributed by atoms with Crippen LogP contribution < -0.4 is 15.0 Å². The molecule has 36 heavy (non-hydrogen) atoms.